The topological polar surface area (TPSA) is 41.6 Å². The Kier molecular flexibility index (Phi) is 4.58. The average molecular weight is 269 g/mol. The van der Waals surface area contributed by atoms with E-state index >= 15 is 0 Å². The lowest BCUT2D eigenvalue weighted by Crippen LogP contribution is -2.48. The van der Waals surface area contributed by atoms with E-state index in [1.54, 1.807) is 11.9 Å². The number of hydrogen-bond donors (Lipinski definition) is 1. The van der Waals surface area contributed by atoms with E-state index in [4.69, 9.17) is 16.3 Å². The molecule has 5 heteroatoms. The van der Waals surface area contributed by atoms with E-state index < -0.39 is 0 Å². The van der Waals surface area contributed by atoms with E-state index in [0.717, 1.165) is 12.1 Å². The zero-order chi connectivity index (χ0) is 13.0. The molecule has 1 amide bonds. The van der Waals surface area contributed by atoms with Crippen LogP contribution in [0.5, 0.6) is 0 Å². The second-order valence-corrected chi connectivity index (χ2v) is 4.76. The molecule has 4 nitrogen and oxygen atoms in total. The van der Waals surface area contributed by atoms with Crippen molar-refractivity contribution in [3.8, 4) is 0 Å². The third kappa shape index (κ3) is 3.22. The van der Waals surface area contributed by atoms with Crippen molar-refractivity contribution in [2.75, 3.05) is 26.7 Å². The smallest absolute Gasteiger partial charge is 0.253 e. The fraction of sp³-hybridized carbons (Fsp3) is 0.462. The number of carbonyl (C=O) groups excluding carboxylic acids is 1. The molecule has 0 radical (unpaired) electrons. The standard InChI is InChI=1S/C13H17ClN2O2/c1-16(9-10-4-2-3-5-11(10)14)13(17)12-8-15-6-7-18-12/h2-5,12,15H,6-9H2,1H3. The molecule has 1 aromatic rings. The summed E-state index contributed by atoms with van der Waals surface area (Å²) in [5.74, 6) is -0.0119. The van der Waals surface area contributed by atoms with Gasteiger partial charge in [0.2, 0.25) is 0 Å². The summed E-state index contributed by atoms with van der Waals surface area (Å²) in [4.78, 5) is 13.8. The van der Waals surface area contributed by atoms with Crippen LogP contribution in [0, 0.1) is 0 Å². The molecule has 1 fully saturated rings. The molecule has 0 spiro atoms. The SMILES string of the molecule is CN(Cc1ccccc1Cl)C(=O)C1CNCCO1. The van der Waals surface area contributed by atoms with Crippen molar-refractivity contribution in [3.63, 3.8) is 0 Å². The van der Waals surface area contributed by atoms with Crippen LogP contribution in [0.15, 0.2) is 24.3 Å². The number of morpholine rings is 1. The van der Waals surface area contributed by atoms with Crippen molar-refractivity contribution in [2.24, 2.45) is 0 Å². The fourth-order valence-electron chi connectivity index (χ4n) is 1.93. The number of amides is 1. The summed E-state index contributed by atoms with van der Waals surface area (Å²) in [5.41, 5.74) is 0.943. The molecule has 1 aromatic carbocycles. The molecule has 0 aromatic heterocycles. The molecule has 1 atom stereocenters. The molecule has 1 unspecified atom stereocenters. The molecule has 1 heterocycles. The largest absolute Gasteiger partial charge is 0.366 e. The minimum atomic E-state index is -0.383. The summed E-state index contributed by atoms with van der Waals surface area (Å²) < 4.78 is 5.44. The summed E-state index contributed by atoms with van der Waals surface area (Å²) >= 11 is 6.08. The maximum absolute atomic E-state index is 12.1. The first kappa shape index (κ1) is 13.3. The molecule has 2 rings (SSSR count). The molecule has 0 saturated carbocycles. The Morgan fingerprint density at radius 3 is 3.00 bits per heavy atom. The van der Waals surface area contributed by atoms with Crippen LogP contribution in [0.1, 0.15) is 5.56 Å². The van der Waals surface area contributed by atoms with E-state index in [-0.39, 0.29) is 12.0 Å². The Morgan fingerprint density at radius 2 is 2.33 bits per heavy atom. The maximum atomic E-state index is 12.1. The quantitative estimate of drug-likeness (QED) is 0.898. The Labute approximate surface area is 112 Å². The Hall–Kier alpha value is -1.10. The fourth-order valence-corrected chi connectivity index (χ4v) is 2.13. The van der Waals surface area contributed by atoms with Gasteiger partial charge in [-0.2, -0.15) is 0 Å². The molecule has 1 aliphatic rings. The molecule has 0 bridgehead atoms. The highest BCUT2D eigenvalue weighted by molar-refractivity contribution is 6.31. The number of carbonyl (C=O) groups is 1. The van der Waals surface area contributed by atoms with Crippen molar-refractivity contribution >= 4 is 17.5 Å². The van der Waals surface area contributed by atoms with Crippen molar-refractivity contribution in [3.05, 3.63) is 34.9 Å². The van der Waals surface area contributed by atoms with Crippen LogP contribution in [0.3, 0.4) is 0 Å². The van der Waals surface area contributed by atoms with Crippen LogP contribution in [-0.4, -0.2) is 43.7 Å². The van der Waals surface area contributed by atoms with E-state index in [1.807, 2.05) is 24.3 Å². The van der Waals surface area contributed by atoms with Crippen LogP contribution < -0.4 is 5.32 Å². The Bertz CT molecular complexity index is 419. The lowest BCUT2D eigenvalue weighted by Gasteiger charge is -2.27. The molecule has 98 valence electrons. The molecule has 1 saturated heterocycles. The number of nitrogens with one attached hydrogen (secondary N) is 1. The summed E-state index contributed by atoms with van der Waals surface area (Å²) in [5, 5.41) is 3.83. The summed E-state index contributed by atoms with van der Waals surface area (Å²) in [7, 11) is 1.77. The maximum Gasteiger partial charge on any atom is 0.253 e. The number of halogens is 1. The Morgan fingerprint density at radius 1 is 1.56 bits per heavy atom. The summed E-state index contributed by atoms with van der Waals surface area (Å²) in [6, 6.07) is 7.54. The van der Waals surface area contributed by atoms with E-state index in [9.17, 15) is 4.79 Å². The van der Waals surface area contributed by atoms with Gasteiger partial charge in [-0.1, -0.05) is 29.8 Å². The highest BCUT2D eigenvalue weighted by atomic mass is 35.5. The van der Waals surface area contributed by atoms with Gasteiger partial charge in [-0.3, -0.25) is 4.79 Å². The number of hydrogen-bond acceptors (Lipinski definition) is 3. The zero-order valence-electron chi connectivity index (χ0n) is 10.4. The number of benzene rings is 1. The zero-order valence-corrected chi connectivity index (χ0v) is 11.1. The van der Waals surface area contributed by atoms with Crippen molar-refractivity contribution < 1.29 is 9.53 Å². The number of likely N-dealkylation sites (N-methyl/N-ethyl adjacent to an activating group) is 1. The molecule has 18 heavy (non-hydrogen) atoms. The average Bonchev–Trinajstić information content (AvgIpc) is 2.41. The van der Waals surface area contributed by atoms with Crippen LogP contribution in [0.2, 0.25) is 5.02 Å². The minimum absolute atomic E-state index is 0.0119. The van der Waals surface area contributed by atoms with Gasteiger partial charge in [0.25, 0.3) is 5.91 Å². The lowest BCUT2D eigenvalue weighted by atomic mass is 10.2. The summed E-state index contributed by atoms with van der Waals surface area (Å²) in [6.07, 6.45) is -0.383. The predicted molar refractivity (Wildman–Crippen MR) is 70.5 cm³/mol. The predicted octanol–water partition coefficient (Wildman–Crippen LogP) is 1.29. The summed E-state index contributed by atoms with van der Waals surface area (Å²) in [6.45, 7) is 2.46. The first-order valence-electron chi connectivity index (χ1n) is 5.99. The van der Waals surface area contributed by atoms with Crippen LogP contribution in [-0.2, 0) is 16.1 Å². The first-order chi connectivity index (χ1) is 8.68. The molecular formula is C13H17ClN2O2. The van der Waals surface area contributed by atoms with Gasteiger partial charge >= 0.3 is 0 Å². The van der Waals surface area contributed by atoms with E-state index in [2.05, 4.69) is 5.32 Å². The normalized spacial score (nSPS) is 19.6. The van der Waals surface area contributed by atoms with Gasteiger partial charge in [-0.25, -0.2) is 0 Å². The van der Waals surface area contributed by atoms with Crippen LogP contribution >= 0.6 is 11.6 Å². The molecule has 0 aliphatic carbocycles. The van der Waals surface area contributed by atoms with Gasteiger partial charge in [-0.05, 0) is 11.6 Å². The second kappa shape index (κ2) is 6.18. The van der Waals surface area contributed by atoms with Gasteiger partial charge in [0.1, 0.15) is 6.10 Å². The van der Waals surface area contributed by atoms with Gasteiger partial charge in [0, 0.05) is 31.7 Å². The third-order valence-corrected chi connectivity index (χ3v) is 3.31. The van der Waals surface area contributed by atoms with Crippen molar-refractivity contribution in [2.45, 2.75) is 12.6 Å². The van der Waals surface area contributed by atoms with Crippen LogP contribution in [0.25, 0.3) is 0 Å². The third-order valence-electron chi connectivity index (χ3n) is 2.94. The molecular weight excluding hydrogens is 252 g/mol. The van der Waals surface area contributed by atoms with Gasteiger partial charge in [-0.15, -0.1) is 0 Å². The number of nitrogens with zero attached hydrogens (tertiary/aromatic N) is 1. The van der Waals surface area contributed by atoms with E-state index in [1.165, 1.54) is 0 Å². The second-order valence-electron chi connectivity index (χ2n) is 4.35. The monoisotopic (exact) mass is 268 g/mol. The van der Waals surface area contributed by atoms with Crippen LogP contribution in [0.4, 0.5) is 0 Å². The first-order valence-corrected chi connectivity index (χ1v) is 6.37. The van der Waals surface area contributed by atoms with Crippen molar-refractivity contribution in [1.29, 1.82) is 0 Å². The lowest BCUT2D eigenvalue weighted by molar-refractivity contribution is -0.144. The minimum Gasteiger partial charge on any atom is -0.366 e. The van der Waals surface area contributed by atoms with E-state index in [0.29, 0.717) is 24.7 Å². The number of rotatable bonds is 3. The van der Waals surface area contributed by atoms with Gasteiger partial charge in [0.15, 0.2) is 0 Å². The number of ether oxygens (including phenoxy) is 1. The van der Waals surface area contributed by atoms with Gasteiger partial charge in [0.05, 0.1) is 6.61 Å². The Balaban J connectivity index is 1.96. The highest BCUT2D eigenvalue weighted by Gasteiger charge is 2.25. The van der Waals surface area contributed by atoms with Gasteiger partial charge < -0.3 is 15.0 Å². The molecule has 1 aliphatic heterocycles. The highest BCUT2D eigenvalue weighted by Crippen LogP contribution is 2.17. The van der Waals surface area contributed by atoms with Crippen molar-refractivity contribution in [1.82, 2.24) is 10.2 Å². The molecule has 1 N–H and O–H groups in total.